The molecule has 1 aromatic rings. The van der Waals surface area contributed by atoms with Crippen molar-refractivity contribution in [2.24, 2.45) is 0 Å². The minimum atomic E-state index is -1.53. The second-order valence-electron chi connectivity index (χ2n) is 7.79. The summed E-state index contributed by atoms with van der Waals surface area (Å²) in [5.74, 6) is -1.62. The van der Waals surface area contributed by atoms with Crippen molar-refractivity contribution < 1.29 is 23.9 Å². The second kappa shape index (κ2) is 7.50. The Morgan fingerprint density at radius 3 is 2.72 bits per heavy atom. The molecule has 3 amide bonds. The van der Waals surface area contributed by atoms with Crippen molar-refractivity contribution in [1.82, 2.24) is 10.2 Å². The molecule has 3 aliphatic rings. The molecule has 1 aliphatic carbocycles. The Kier molecular flexibility index (Phi) is 5.02. The summed E-state index contributed by atoms with van der Waals surface area (Å²) in [6.07, 6.45) is 3.66. The summed E-state index contributed by atoms with van der Waals surface area (Å²) in [5, 5.41) is 2.77. The molecule has 1 N–H and O–H groups in total. The van der Waals surface area contributed by atoms with Crippen molar-refractivity contribution in [1.29, 1.82) is 0 Å². The van der Waals surface area contributed by atoms with Gasteiger partial charge in [0, 0.05) is 25.4 Å². The molecule has 0 radical (unpaired) electrons. The number of carbonyl (C=O) groups is 4. The molecule has 8 heteroatoms. The first-order valence-electron chi connectivity index (χ1n) is 10.2. The first kappa shape index (κ1) is 19.4. The third-order valence-electron chi connectivity index (χ3n) is 5.71. The molecule has 0 spiro atoms. The number of benzene rings is 1. The third-order valence-corrected chi connectivity index (χ3v) is 5.71. The van der Waals surface area contributed by atoms with Crippen molar-refractivity contribution in [2.45, 2.75) is 57.2 Å². The normalized spacial score (nSPS) is 22.9. The number of fused-ring (bicyclic) bond motifs is 3. The Labute approximate surface area is 169 Å². The number of nitrogens with one attached hydrogen (secondary N) is 1. The molecule has 0 unspecified atom stereocenters. The second-order valence-corrected chi connectivity index (χ2v) is 7.79. The molecule has 2 aliphatic heterocycles. The summed E-state index contributed by atoms with van der Waals surface area (Å²) in [6.45, 7) is 1.90. The van der Waals surface area contributed by atoms with Crippen LogP contribution in [0.4, 0.5) is 5.69 Å². The van der Waals surface area contributed by atoms with E-state index in [0.29, 0.717) is 24.2 Å². The van der Waals surface area contributed by atoms with Crippen LogP contribution in [0.1, 0.15) is 55.8 Å². The Morgan fingerprint density at radius 1 is 1.24 bits per heavy atom. The molecule has 2 heterocycles. The van der Waals surface area contributed by atoms with Crippen molar-refractivity contribution in [3.63, 3.8) is 0 Å². The largest absolute Gasteiger partial charge is 0.452 e. The summed E-state index contributed by atoms with van der Waals surface area (Å²) in [5.41, 5.74) is -0.710. The number of nitrogens with zero attached hydrogens (tertiary/aromatic N) is 2. The molecule has 2 fully saturated rings. The van der Waals surface area contributed by atoms with Gasteiger partial charge in [0.2, 0.25) is 11.6 Å². The van der Waals surface area contributed by atoms with Gasteiger partial charge in [0.05, 0.1) is 11.3 Å². The van der Waals surface area contributed by atoms with Gasteiger partial charge >= 0.3 is 5.97 Å². The number of carbonyl (C=O) groups excluding carboxylic acids is 4. The van der Waals surface area contributed by atoms with Crippen LogP contribution in [0.15, 0.2) is 24.3 Å². The third kappa shape index (κ3) is 3.26. The lowest BCUT2D eigenvalue weighted by Crippen LogP contribution is -2.68. The zero-order valence-electron chi connectivity index (χ0n) is 16.5. The van der Waals surface area contributed by atoms with Crippen molar-refractivity contribution >= 4 is 29.4 Å². The monoisotopic (exact) mass is 399 g/mol. The molecule has 0 bridgehead atoms. The molecule has 4 rings (SSSR count). The highest BCUT2D eigenvalue weighted by Crippen LogP contribution is 2.45. The smallest absolute Gasteiger partial charge is 0.354 e. The van der Waals surface area contributed by atoms with Crippen molar-refractivity contribution in [3.05, 3.63) is 29.8 Å². The maximum Gasteiger partial charge on any atom is 0.354 e. The standard InChI is InChI=1S/C21H25N3O5/c1-2-3-12-23-19(27)15-6-4-5-7-16(15)24-18(26)10-11-21(23,24)20(28)29-13-17(25)22-14-8-9-14/h4-7,14H,2-3,8-13H2,1H3,(H,22,25)/t21-/m0/s1. The van der Waals surface area contributed by atoms with Gasteiger partial charge in [0.15, 0.2) is 6.61 Å². The number of rotatable bonds is 7. The Hall–Kier alpha value is -2.90. The van der Waals surface area contributed by atoms with Crippen LogP contribution in [0.2, 0.25) is 0 Å². The van der Waals surface area contributed by atoms with Gasteiger partial charge in [-0.05, 0) is 31.4 Å². The molecule has 29 heavy (non-hydrogen) atoms. The molecular weight excluding hydrogens is 374 g/mol. The number of amides is 3. The topological polar surface area (TPSA) is 96.0 Å². The highest BCUT2D eigenvalue weighted by Gasteiger charge is 2.61. The molecule has 1 saturated carbocycles. The van der Waals surface area contributed by atoms with E-state index in [1.165, 1.54) is 9.80 Å². The minimum absolute atomic E-state index is 0.133. The molecule has 1 aromatic carbocycles. The van der Waals surface area contributed by atoms with E-state index in [9.17, 15) is 19.2 Å². The van der Waals surface area contributed by atoms with Crippen molar-refractivity contribution in [3.8, 4) is 0 Å². The lowest BCUT2D eigenvalue weighted by Gasteiger charge is -2.48. The van der Waals surface area contributed by atoms with Crippen LogP contribution >= 0.6 is 0 Å². The van der Waals surface area contributed by atoms with E-state index in [4.69, 9.17) is 4.74 Å². The first-order valence-corrected chi connectivity index (χ1v) is 10.2. The summed E-state index contributed by atoms with van der Waals surface area (Å²) < 4.78 is 5.36. The van der Waals surface area contributed by atoms with Crippen LogP contribution in [0.25, 0.3) is 0 Å². The lowest BCUT2D eigenvalue weighted by atomic mass is 9.96. The van der Waals surface area contributed by atoms with Gasteiger partial charge in [-0.2, -0.15) is 0 Å². The fourth-order valence-corrected chi connectivity index (χ4v) is 4.11. The number of para-hydroxylation sites is 1. The number of hydrogen-bond donors (Lipinski definition) is 1. The summed E-state index contributed by atoms with van der Waals surface area (Å²) >= 11 is 0. The maximum absolute atomic E-state index is 13.3. The van der Waals surface area contributed by atoms with E-state index in [1.807, 2.05) is 6.92 Å². The molecule has 1 saturated heterocycles. The number of anilines is 1. The van der Waals surface area contributed by atoms with Gasteiger partial charge < -0.3 is 15.0 Å². The molecule has 154 valence electrons. The fourth-order valence-electron chi connectivity index (χ4n) is 4.11. The van der Waals surface area contributed by atoms with E-state index in [-0.39, 0.29) is 36.6 Å². The van der Waals surface area contributed by atoms with Gasteiger partial charge in [-0.3, -0.25) is 19.3 Å². The van der Waals surface area contributed by atoms with Crippen LogP contribution in [0.3, 0.4) is 0 Å². The van der Waals surface area contributed by atoms with E-state index in [2.05, 4.69) is 5.32 Å². The fraction of sp³-hybridized carbons (Fsp3) is 0.524. The average Bonchev–Trinajstić information content (AvgIpc) is 3.46. The Balaban J connectivity index is 1.67. The number of ether oxygens (including phenoxy) is 1. The van der Waals surface area contributed by atoms with E-state index < -0.39 is 18.2 Å². The van der Waals surface area contributed by atoms with Crippen LogP contribution in [0, 0.1) is 0 Å². The van der Waals surface area contributed by atoms with Crippen LogP contribution < -0.4 is 10.2 Å². The maximum atomic E-state index is 13.3. The van der Waals surface area contributed by atoms with E-state index >= 15 is 0 Å². The van der Waals surface area contributed by atoms with Gasteiger partial charge in [-0.25, -0.2) is 4.79 Å². The molecule has 0 aromatic heterocycles. The van der Waals surface area contributed by atoms with E-state index in [1.54, 1.807) is 24.3 Å². The van der Waals surface area contributed by atoms with Gasteiger partial charge in [-0.1, -0.05) is 25.5 Å². The Morgan fingerprint density at radius 2 is 2.00 bits per heavy atom. The lowest BCUT2D eigenvalue weighted by molar-refractivity contribution is -0.160. The number of unbranched alkanes of at least 4 members (excludes halogenated alkanes) is 1. The quantitative estimate of drug-likeness (QED) is 0.703. The van der Waals surface area contributed by atoms with Crippen LogP contribution in [0.5, 0.6) is 0 Å². The first-order chi connectivity index (χ1) is 14.0. The number of hydrogen-bond acceptors (Lipinski definition) is 5. The number of esters is 1. The zero-order valence-corrected chi connectivity index (χ0v) is 16.5. The van der Waals surface area contributed by atoms with Crippen LogP contribution in [-0.2, 0) is 19.1 Å². The highest BCUT2D eigenvalue weighted by atomic mass is 16.5. The van der Waals surface area contributed by atoms with Crippen molar-refractivity contribution in [2.75, 3.05) is 18.1 Å². The summed E-state index contributed by atoms with van der Waals surface area (Å²) in [4.78, 5) is 54.2. The molecular formula is C21H25N3O5. The molecule has 8 nitrogen and oxygen atoms in total. The zero-order chi connectivity index (χ0) is 20.6. The Bertz CT molecular complexity index is 866. The highest BCUT2D eigenvalue weighted by molar-refractivity contribution is 6.15. The summed E-state index contributed by atoms with van der Waals surface area (Å²) in [7, 11) is 0. The molecule has 1 atom stereocenters. The van der Waals surface area contributed by atoms with Gasteiger partial charge in [-0.15, -0.1) is 0 Å². The van der Waals surface area contributed by atoms with Crippen LogP contribution in [-0.4, -0.2) is 53.4 Å². The summed E-state index contributed by atoms with van der Waals surface area (Å²) in [6, 6.07) is 6.98. The van der Waals surface area contributed by atoms with Gasteiger partial charge in [0.25, 0.3) is 11.8 Å². The van der Waals surface area contributed by atoms with Gasteiger partial charge in [0.1, 0.15) is 0 Å². The average molecular weight is 399 g/mol. The SMILES string of the molecule is CCCCN1C(=O)c2ccccc2N2C(=O)CC[C@]12C(=O)OCC(=O)NC1CC1. The minimum Gasteiger partial charge on any atom is -0.452 e. The predicted octanol–water partition coefficient (Wildman–Crippen LogP) is 1.59. The predicted molar refractivity (Wildman–Crippen MR) is 104 cm³/mol. The van der Waals surface area contributed by atoms with E-state index in [0.717, 1.165) is 19.3 Å².